The van der Waals surface area contributed by atoms with Gasteiger partial charge in [0.1, 0.15) is 5.82 Å². The van der Waals surface area contributed by atoms with Gasteiger partial charge in [0.15, 0.2) is 0 Å². The van der Waals surface area contributed by atoms with Gasteiger partial charge < -0.3 is 5.32 Å². The van der Waals surface area contributed by atoms with Crippen molar-refractivity contribution in [3.05, 3.63) is 33.9 Å². The number of unbranched alkanes of at least 4 members (excludes halogenated alkanes) is 1. The fourth-order valence-electron chi connectivity index (χ4n) is 2.43. The van der Waals surface area contributed by atoms with E-state index in [0.29, 0.717) is 29.8 Å². The third-order valence-corrected chi connectivity index (χ3v) is 3.81. The number of nitrogens with one attached hydrogen (secondary N) is 2. The minimum absolute atomic E-state index is 0.0506. The second kappa shape index (κ2) is 6.36. The van der Waals surface area contributed by atoms with Gasteiger partial charge in [-0.05, 0) is 26.2 Å². The minimum Gasteiger partial charge on any atom is -0.310 e. The molecule has 1 amide bonds. The number of hydrogen-bond acceptors (Lipinski definition) is 4. The summed E-state index contributed by atoms with van der Waals surface area (Å²) in [7, 11) is 0. The SMILES string of the molecule is CCCCC(=O)Nc1cc(C2CC2)nn1-c1nc(C)cc(=O)[nH]1. The molecule has 1 aliphatic carbocycles. The van der Waals surface area contributed by atoms with Crippen LogP contribution in [-0.4, -0.2) is 25.7 Å². The number of H-pyrrole nitrogens is 1. The average Bonchev–Trinajstić information content (AvgIpc) is 3.26. The van der Waals surface area contributed by atoms with Crippen molar-refractivity contribution in [1.29, 1.82) is 0 Å². The summed E-state index contributed by atoms with van der Waals surface area (Å²) in [4.78, 5) is 30.7. The average molecular weight is 315 g/mol. The van der Waals surface area contributed by atoms with Gasteiger partial charge in [-0.25, -0.2) is 4.98 Å². The van der Waals surface area contributed by atoms with Crippen LogP contribution in [0.15, 0.2) is 16.9 Å². The Morgan fingerprint density at radius 2 is 2.22 bits per heavy atom. The lowest BCUT2D eigenvalue weighted by Crippen LogP contribution is -2.18. The first-order chi connectivity index (χ1) is 11.1. The maximum atomic E-state index is 12.0. The predicted molar refractivity (Wildman–Crippen MR) is 86.8 cm³/mol. The molecule has 0 radical (unpaired) electrons. The molecule has 2 heterocycles. The van der Waals surface area contributed by atoms with Gasteiger partial charge in [0.25, 0.3) is 5.56 Å². The molecule has 0 saturated heterocycles. The van der Waals surface area contributed by atoms with Crippen LogP contribution in [0.1, 0.15) is 56.3 Å². The molecule has 0 unspecified atom stereocenters. The number of amides is 1. The van der Waals surface area contributed by atoms with Gasteiger partial charge in [-0.1, -0.05) is 13.3 Å². The molecule has 1 fully saturated rings. The third-order valence-electron chi connectivity index (χ3n) is 3.81. The van der Waals surface area contributed by atoms with Gasteiger partial charge >= 0.3 is 0 Å². The molecule has 2 N–H and O–H groups in total. The molecule has 2 aromatic heterocycles. The topological polar surface area (TPSA) is 92.7 Å². The first-order valence-electron chi connectivity index (χ1n) is 8.05. The molecule has 23 heavy (non-hydrogen) atoms. The highest BCUT2D eigenvalue weighted by atomic mass is 16.1. The number of nitrogens with zero attached hydrogens (tertiary/aromatic N) is 3. The molecule has 0 aromatic carbocycles. The van der Waals surface area contributed by atoms with E-state index in [0.717, 1.165) is 31.4 Å². The number of aromatic amines is 1. The van der Waals surface area contributed by atoms with Crippen LogP contribution in [0.25, 0.3) is 5.95 Å². The quantitative estimate of drug-likeness (QED) is 0.855. The summed E-state index contributed by atoms with van der Waals surface area (Å²) in [5, 5.41) is 7.41. The number of carbonyl (C=O) groups is 1. The molecule has 1 saturated carbocycles. The molecule has 7 heteroatoms. The summed E-state index contributed by atoms with van der Waals surface area (Å²) < 4.78 is 1.52. The molecule has 0 spiro atoms. The van der Waals surface area contributed by atoms with Crippen LogP contribution in [0.4, 0.5) is 5.82 Å². The second-order valence-electron chi connectivity index (χ2n) is 6.00. The molecule has 0 aliphatic heterocycles. The van der Waals surface area contributed by atoms with Crippen LogP contribution in [-0.2, 0) is 4.79 Å². The molecule has 0 bridgehead atoms. The largest absolute Gasteiger partial charge is 0.310 e. The van der Waals surface area contributed by atoms with E-state index in [9.17, 15) is 9.59 Å². The molecule has 7 nitrogen and oxygen atoms in total. The summed E-state index contributed by atoms with van der Waals surface area (Å²) in [5.74, 6) is 1.28. The van der Waals surface area contributed by atoms with Crippen molar-refractivity contribution in [3.63, 3.8) is 0 Å². The van der Waals surface area contributed by atoms with Crippen molar-refractivity contribution < 1.29 is 4.79 Å². The minimum atomic E-state index is -0.237. The van der Waals surface area contributed by atoms with E-state index in [2.05, 4.69) is 20.4 Å². The van der Waals surface area contributed by atoms with Crippen molar-refractivity contribution in [3.8, 4) is 5.95 Å². The van der Waals surface area contributed by atoms with E-state index >= 15 is 0 Å². The standard InChI is InChI=1S/C16H21N5O2/c1-3-4-5-14(22)18-13-9-12(11-6-7-11)20-21(13)16-17-10(2)8-15(23)19-16/h8-9,11H,3-7H2,1-2H3,(H,18,22)(H,17,19,23). The number of carbonyl (C=O) groups excluding carboxylic acids is 1. The van der Waals surface area contributed by atoms with Gasteiger partial charge in [0, 0.05) is 30.2 Å². The van der Waals surface area contributed by atoms with Crippen LogP contribution < -0.4 is 10.9 Å². The maximum absolute atomic E-state index is 12.0. The Labute approximate surface area is 134 Å². The lowest BCUT2D eigenvalue weighted by Gasteiger charge is -2.08. The normalized spacial score (nSPS) is 14.0. The van der Waals surface area contributed by atoms with Crippen molar-refractivity contribution in [2.24, 2.45) is 0 Å². The number of anilines is 1. The Morgan fingerprint density at radius 3 is 2.87 bits per heavy atom. The van der Waals surface area contributed by atoms with E-state index in [4.69, 9.17) is 0 Å². The summed E-state index contributed by atoms with van der Waals surface area (Å²) >= 11 is 0. The summed E-state index contributed by atoms with van der Waals surface area (Å²) in [6.07, 6.45) is 4.50. The molecule has 1 aliphatic rings. The van der Waals surface area contributed by atoms with Crippen molar-refractivity contribution in [2.45, 2.75) is 51.9 Å². The van der Waals surface area contributed by atoms with Crippen molar-refractivity contribution >= 4 is 11.7 Å². The van der Waals surface area contributed by atoms with Crippen LogP contribution in [0, 0.1) is 6.92 Å². The summed E-state index contributed by atoms with van der Waals surface area (Å²) in [6, 6.07) is 3.30. The van der Waals surface area contributed by atoms with Crippen LogP contribution in [0.5, 0.6) is 0 Å². The van der Waals surface area contributed by atoms with Crippen molar-refractivity contribution in [1.82, 2.24) is 19.7 Å². The first kappa shape index (κ1) is 15.5. The van der Waals surface area contributed by atoms with E-state index in [1.54, 1.807) is 6.92 Å². The molecule has 122 valence electrons. The lowest BCUT2D eigenvalue weighted by molar-refractivity contribution is -0.116. The Hall–Kier alpha value is -2.44. The maximum Gasteiger partial charge on any atom is 0.252 e. The van der Waals surface area contributed by atoms with E-state index in [1.807, 2.05) is 13.0 Å². The highest BCUT2D eigenvalue weighted by molar-refractivity contribution is 5.90. The molecular weight excluding hydrogens is 294 g/mol. The molecule has 3 rings (SSSR count). The zero-order chi connectivity index (χ0) is 16.4. The number of hydrogen-bond donors (Lipinski definition) is 2. The number of rotatable bonds is 6. The van der Waals surface area contributed by atoms with Crippen LogP contribution in [0.3, 0.4) is 0 Å². The zero-order valence-electron chi connectivity index (χ0n) is 13.4. The van der Waals surface area contributed by atoms with Gasteiger partial charge in [-0.2, -0.15) is 9.78 Å². The third kappa shape index (κ3) is 3.67. The Balaban J connectivity index is 1.94. The first-order valence-corrected chi connectivity index (χ1v) is 8.05. The van der Waals surface area contributed by atoms with E-state index < -0.39 is 0 Å². The number of aryl methyl sites for hydroxylation is 1. The Morgan fingerprint density at radius 1 is 1.43 bits per heavy atom. The van der Waals surface area contributed by atoms with Gasteiger partial charge in [0.2, 0.25) is 11.9 Å². The summed E-state index contributed by atoms with van der Waals surface area (Å²) in [5.41, 5.74) is 1.30. The highest BCUT2D eigenvalue weighted by Crippen LogP contribution is 2.40. The Bertz CT molecular complexity index is 773. The summed E-state index contributed by atoms with van der Waals surface area (Å²) in [6.45, 7) is 3.80. The van der Waals surface area contributed by atoms with E-state index in [1.165, 1.54) is 10.7 Å². The lowest BCUT2D eigenvalue weighted by atomic mass is 10.2. The van der Waals surface area contributed by atoms with Gasteiger partial charge in [-0.15, -0.1) is 0 Å². The van der Waals surface area contributed by atoms with Gasteiger partial charge in [-0.3, -0.25) is 14.6 Å². The number of aromatic nitrogens is 4. The monoisotopic (exact) mass is 315 g/mol. The molecular formula is C16H21N5O2. The van der Waals surface area contributed by atoms with Crippen LogP contribution >= 0.6 is 0 Å². The van der Waals surface area contributed by atoms with Crippen molar-refractivity contribution in [2.75, 3.05) is 5.32 Å². The van der Waals surface area contributed by atoms with Gasteiger partial charge in [0.05, 0.1) is 5.69 Å². The molecule has 2 aromatic rings. The smallest absolute Gasteiger partial charge is 0.252 e. The zero-order valence-corrected chi connectivity index (χ0v) is 13.4. The predicted octanol–water partition coefficient (Wildman–Crippen LogP) is 2.27. The fourth-order valence-corrected chi connectivity index (χ4v) is 2.43. The highest BCUT2D eigenvalue weighted by Gasteiger charge is 2.28. The molecule has 0 atom stereocenters. The Kier molecular flexibility index (Phi) is 4.27. The fraction of sp³-hybridized carbons (Fsp3) is 0.500. The second-order valence-corrected chi connectivity index (χ2v) is 6.00. The van der Waals surface area contributed by atoms with E-state index in [-0.39, 0.29) is 11.5 Å². The van der Waals surface area contributed by atoms with Crippen LogP contribution in [0.2, 0.25) is 0 Å².